The Hall–Kier alpha value is -9.44. The minimum absolute atomic E-state index is 0.665. The molecule has 0 amide bonds. The second kappa shape index (κ2) is 15.5. The Bertz CT molecular complexity index is 4570. The SMILES string of the molecule is c1ccc(-c2ccc3c4ccccc4n(-c4cc(-c5ccc6c7ccccc7c7ccccc7c6c5)cc(-c5nc(-c6ccccc6)cc(-c6ccc7ccc8cccc9ccc6c7c89)n5)c4)c3c2)cc1. The quantitative estimate of drug-likeness (QED) is 0.156. The molecule has 0 bridgehead atoms. The van der Waals surface area contributed by atoms with Crippen molar-refractivity contribution in [1.82, 2.24) is 14.5 Å². The Morgan fingerprint density at radius 1 is 0.254 bits per heavy atom. The van der Waals surface area contributed by atoms with Crippen LogP contribution in [-0.4, -0.2) is 14.5 Å². The molecular weight excluding hydrogens is 859 g/mol. The molecule has 0 aliphatic carbocycles. The molecule has 15 aromatic rings. The van der Waals surface area contributed by atoms with E-state index >= 15 is 0 Å². The molecule has 13 aromatic carbocycles. The van der Waals surface area contributed by atoms with Gasteiger partial charge in [-0.2, -0.15) is 0 Å². The number of hydrogen-bond acceptors (Lipinski definition) is 2. The second-order valence-electron chi connectivity index (χ2n) is 18.9. The zero-order valence-electron chi connectivity index (χ0n) is 38.5. The van der Waals surface area contributed by atoms with Gasteiger partial charge < -0.3 is 4.57 Å². The van der Waals surface area contributed by atoms with Crippen molar-refractivity contribution in [2.24, 2.45) is 0 Å². The van der Waals surface area contributed by atoms with Gasteiger partial charge in [0, 0.05) is 33.2 Å². The maximum Gasteiger partial charge on any atom is 0.160 e. The van der Waals surface area contributed by atoms with Crippen molar-refractivity contribution in [3.8, 4) is 61.8 Å². The minimum atomic E-state index is 0.665. The van der Waals surface area contributed by atoms with E-state index in [0.717, 1.165) is 55.9 Å². The van der Waals surface area contributed by atoms with Crippen molar-refractivity contribution in [2.45, 2.75) is 0 Å². The summed E-state index contributed by atoms with van der Waals surface area (Å²) in [4.78, 5) is 11.1. The van der Waals surface area contributed by atoms with Gasteiger partial charge in [0.25, 0.3) is 0 Å². The van der Waals surface area contributed by atoms with Crippen LogP contribution in [0.5, 0.6) is 0 Å². The molecule has 0 aliphatic rings. The van der Waals surface area contributed by atoms with E-state index in [1.165, 1.54) is 86.5 Å². The molecular formula is C68H41N3. The standard InChI is InChI=1S/C68H41N3/c1-3-14-42(15-4-1)48-31-34-59-58-24-11-12-25-64(58)71(65(59)40-48)51-37-49(47-30-32-56-54-22-8-7-20-52(54)53-21-9-10-23-55(53)61(56)39-47)36-50(38-51)68-69-62(43-16-5-2-6-17-43)41-63(70-68)57-33-28-46-27-26-44-18-13-19-45-29-35-60(57)67(46)66(44)45/h1-41H. The van der Waals surface area contributed by atoms with E-state index in [4.69, 9.17) is 9.97 Å². The van der Waals surface area contributed by atoms with Crippen LogP contribution < -0.4 is 0 Å². The lowest BCUT2D eigenvalue weighted by Gasteiger charge is -2.17. The third-order valence-electron chi connectivity index (χ3n) is 14.9. The molecule has 0 unspecified atom stereocenters. The van der Waals surface area contributed by atoms with Gasteiger partial charge >= 0.3 is 0 Å². The topological polar surface area (TPSA) is 30.7 Å². The molecule has 0 N–H and O–H groups in total. The Balaban J connectivity index is 1.02. The Labute approximate surface area is 409 Å². The summed E-state index contributed by atoms with van der Waals surface area (Å²) in [6.45, 7) is 0. The predicted molar refractivity (Wildman–Crippen MR) is 300 cm³/mol. The fourth-order valence-electron chi connectivity index (χ4n) is 11.6. The summed E-state index contributed by atoms with van der Waals surface area (Å²) in [5.74, 6) is 0.665. The first-order valence-corrected chi connectivity index (χ1v) is 24.4. The number of nitrogens with zero attached hydrogens (tertiary/aromatic N) is 3. The first-order valence-electron chi connectivity index (χ1n) is 24.4. The van der Waals surface area contributed by atoms with Crippen LogP contribution in [0.25, 0.3) is 148 Å². The lowest BCUT2D eigenvalue weighted by Crippen LogP contribution is -2.00. The number of para-hydroxylation sites is 1. The summed E-state index contributed by atoms with van der Waals surface area (Å²) in [5.41, 5.74) is 12.7. The molecule has 0 spiro atoms. The number of aromatic nitrogens is 3. The highest BCUT2D eigenvalue weighted by Gasteiger charge is 2.20. The molecule has 2 aromatic heterocycles. The zero-order chi connectivity index (χ0) is 46.6. The summed E-state index contributed by atoms with van der Waals surface area (Å²) < 4.78 is 2.44. The normalized spacial score (nSPS) is 11.9. The van der Waals surface area contributed by atoms with E-state index in [9.17, 15) is 0 Å². The van der Waals surface area contributed by atoms with Crippen molar-refractivity contribution in [3.05, 3.63) is 249 Å². The van der Waals surface area contributed by atoms with E-state index in [1.54, 1.807) is 0 Å². The second-order valence-corrected chi connectivity index (χ2v) is 18.9. The smallest absolute Gasteiger partial charge is 0.160 e. The Morgan fingerprint density at radius 2 is 0.775 bits per heavy atom. The Morgan fingerprint density at radius 3 is 1.51 bits per heavy atom. The first-order chi connectivity index (χ1) is 35.2. The van der Waals surface area contributed by atoms with Crippen LogP contribution in [0.4, 0.5) is 0 Å². The Kier molecular flexibility index (Phi) is 8.66. The van der Waals surface area contributed by atoms with Crippen LogP contribution in [0.1, 0.15) is 0 Å². The van der Waals surface area contributed by atoms with Gasteiger partial charge in [-0.3, -0.25) is 0 Å². The monoisotopic (exact) mass is 899 g/mol. The van der Waals surface area contributed by atoms with Gasteiger partial charge in [0.1, 0.15) is 0 Å². The molecule has 15 rings (SSSR count). The molecule has 2 heterocycles. The third kappa shape index (κ3) is 6.23. The largest absolute Gasteiger partial charge is 0.309 e. The van der Waals surface area contributed by atoms with Crippen LogP contribution in [0.15, 0.2) is 249 Å². The van der Waals surface area contributed by atoms with Crippen molar-refractivity contribution in [3.63, 3.8) is 0 Å². The molecule has 328 valence electrons. The lowest BCUT2D eigenvalue weighted by atomic mass is 9.91. The number of hydrogen-bond donors (Lipinski definition) is 0. The fraction of sp³-hybridized carbons (Fsp3) is 0. The zero-order valence-corrected chi connectivity index (χ0v) is 38.5. The molecule has 71 heavy (non-hydrogen) atoms. The maximum absolute atomic E-state index is 5.62. The average Bonchev–Trinajstić information content (AvgIpc) is 3.78. The molecule has 0 radical (unpaired) electrons. The third-order valence-corrected chi connectivity index (χ3v) is 14.9. The van der Waals surface area contributed by atoms with Crippen LogP contribution >= 0.6 is 0 Å². The number of benzene rings is 13. The number of fused-ring (bicyclic) bond motifs is 9. The van der Waals surface area contributed by atoms with E-state index < -0.39 is 0 Å². The number of rotatable bonds is 6. The maximum atomic E-state index is 5.62. The highest BCUT2D eigenvalue weighted by molar-refractivity contribution is 6.27. The molecule has 3 nitrogen and oxygen atoms in total. The minimum Gasteiger partial charge on any atom is -0.309 e. The van der Waals surface area contributed by atoms with Gasteiger partial charge in [-0.25, -0.2) is 9.97 Å². The fourth-order valence-corrected chi connectivity index (χ4v) is 11.6. The van der Waals surface area contributed by atoms with Crippen LogP contribution in [-0.2, 0) is 0 Å². The van der Waals surface area contributed by atoms with E-state index in [-0.39, 0.29) is 0 Å². The predicted octanol–water partition coefficient (Wildman–Crippen LogP) is 18.3. The molecule has 0 fully saturated rings. The van der Waals surface area contributed by atoms with E-state index in [1.807, 2.05) is 0 Å². The molecule has 0 saturated carbocycles. The molecule has 0 aliphatic heterocycles. The van der Waals surface area contributed by atoms with E-state index in [0.29, 0.717) is 5.82 Å². The van der Waals surface area contributed by atoms with Crippen LogP contribution in [0.2, 0.25) is 0 Å². The van der Waals surface area contributed by atoms with Gasteiger partial charge in [0.15, 0.2) is 5.82 Å². The van der Waals surface area contributed by atoms with Gasteiger partial charge in [0.2, 0.25) is 0 Å². The van der Waals surface area contributed by atoms with Crippen LogP contribution in [0, 0.1) is 0 Å². The molecule has 3 heteroatoms. The summed E-state index contributed by atoms with van der Waals surface area (Å²) in [7, 11) is 0. The van der Waals surface area contributed by atoms with Gasteiger partial charge in [-0.1, -0.05) is 206 Å². The lowest BCUT2D eigenvalue weighted by molar-refractivity contribution is 1.16. The van der Waals surface area contributed by atoms with Crippen molar-refractivity contribution in [2.75, 3.05) is 0 Å². The summed E-state index contributed by atoms with van der Waals surface area (Å²) in [6.07, 6.45) is 0. The summed E-state index contributed by atoms with van der Waals surface area (Å²) >= 11 is 0. The summed E-state index contributed by atoms with van der Waals surface area (Å²) in [6, 6.07) is 90.7. The highest BCUT2D eigenvalue weighted by Crippen LogP contribution is 2.43. The molecule has 0 atom stereocenters. The van der Waals surface area contributed by atoms with E-state index in [2.05, 4.69) is 253 Å². The van der Waals surface area contributed by atoms with Crippen molar-refractivity contribution >= 4 is 86.4 Å². The van der Waals surface area contributed by atoms with Crippen molar-refractivity contribution in [1.29, 1.82) is 0 Å². The highest BCUT2D eigenvalue weighted by atomic mass is 15.0. The summed E-state index contributed by atoms with van der Waals surface area (Å²) in [5, 5.41) is 17.3. The first kappa shape index (κ1) is 39.5. The van der Waals surface area contributed by atoms with Crippen LogP contribution in [0.3, 0.4) is 0 Å². The van der Waals surface area contributed by atoms with Gasteiger partial charge in [-0.15, -0.1) is 0 Å². The average molecular weight is 900 g/mol. The van der Waals surface area contributed by atoms with Gasteiger partial charge in [0.05, 0.1) is 22.4 Å². The van der Waals surface area contributed by atoms with Gasteiger partial charge in [-0.05, 0) is 129 Å². The molecule has 0 saturated heterocycles. The van der Waals surface area contributed by atoms with Crippen molar-refractivity contribution < 1.29 is 0 Å².